The fraction of sp³-hybridized carbons (Fsp3) is 0.190. The van der Waals surface area contributed by atoms with Gasteiger partial charge in [0.2, 0.25) is 0 Å². The van der Waals surface area contributed by atoms with Crippen molar-refractivity contribution in [2.24, 2.45) is 0 Å². The Kier molecular flexibility index (Phi) is 4.34. The molecule has 3 aromatic rings. The second kappa shape index (κ2) is 6.57. The van der Waals surface area contributed by atoms with Gasteiger partial charge in [-0.05, 0) is 53.6 Å². The second-order valence-electron chi connectivity index (χ2n) is 5.95. The van der Waals surface area contributed by atoms with E-state index < -0.39 is 0 Å². The molecular weight excluding hydrogens is 266 g/mol. The van der Waals surface area contributed by atoms with Gasteiger partial charge in [0.05, 0.1) is 0 Å². The van der Waals surface area contributed by atoms with E-state index in [0.29, 0.717) is 5.92 Å². The summed E-state index contributed by atoms with van der Waals surface area (Å²) in [5.74, 6) is 0.508. The highest BCUT2D eigenvalue weighted by molar-refractivity contribution is 5.63. The first-order valence-corrected chi connectivity index (χ1v) is 7.78. The summed E-state index contributed by atoms with van der Waals surface area (Å²) in [7, 11) is 0. The molecule has 0 saturated heterocycles. The molecule has 0 aliphatic heterocycles. The first-order valence-electron chi connectivity index (χ1n) is 7.78. The molecule has 0 aliphatic carbocycles. The molecule has 1 nitrogen and oxygen atoms in total. The Labute approximate surface area is 132 Å². The number of aryl methyl sites for hydroxylation is 1. The topological polar surface area (TPSA) is 12.9 Å². The second-order valence-corrected chi connectivity index (χ2v) is 5.95. The zero-order chi connectivity index (χ0) is 15.4. The van der Waals surface area contributed by atoms with Crippen LogP contribution in [0.4, 0.5) is 0 Å². The van der Waals surface area contributed by atoms with Crippen molar-refractivity contribution in [1.82, 2.24) is 4.98 Å². The van der Waals surface area contributed by atoms with Gasteiger partial charge in [0.15, 0.2) is 0 Å². The molecule has 2 aromatic carbocycles. The lowest BCUT2D eigenvalue weighted by Crippen LogP contribution is -1.98. The van der Waals surface area contributed by atoms with Crippen LogP contribution in [0.25, 0.3) is 11.1 Å². The zero-order valence-electron chi connectivity index (χ0n) is 13.2. The quantitative estimate of drug-likeness (QED) is 0.625. The summed E-state index contributed by atoms with van der Waals surface area (Å²) in [5.41, 5.74) is 6.57. The molecule has 0 N–H and O–H groups in total. The molecule has 1 aromatic heterocycles. The van der Waals surface area contributed by atoms with E-state index in [4.69, 9.17) is 0 Å². The van der Waals surface area contributed by atoms with Gasteiger partial charge in [-0.1, -0.05) is 61.0 Å². The van der Waals surface area contributed by atoms with Gasteiger partial charge in [-0.2, -0.15) is 0 Å². The van der Waals surface area contributed by atoms with Gasteiger partial charge in [-0.15, -0.1) is 0 Å². The van der Waals surface area contributed by atoms with E-state index in [1.807, 2.05) is 12.4 Å². The maximum atomic E-state index is 4.09. The van der Waals surface area contributed by atoms with Crippen molar-refractivity contribution in [2.45, 2.75) is 26.2 Å². The first kappa shape index (κ1) is 14.5. The minimum Gasteiger partial charge on any atom is -0.265 e. The molecule has 0 saturated carbocycles. The number of aromatic nitrogens is 1. The molecule has 1 heteroatoms. The van der Waals surface area contributed by atoms with Crippen LogP contribution in [0.3, 0.4) is 0 Å². The smallest absolute Gasteiger partial charge is 0.0270 e. The van der Waals surface area contributed by atoms with Crippen LogP contribution >= 0.6 is 0 Å². The van der Waals surface area contributed by atoms with Crippen LogP contribution in [0.15, 0.2) is 73.1 Å². The van der Waals surface area contributed by atoms with E-state index in [1.165, 1.54) is 27.8 Å². The lowest BCUT2D eigenvalue weighted by molar-refractivity contribution is 0.757. The molecule has 22 heavy (non-hydrogen) atoms. The Balaban J connectivity index is 1.73. The highest BCUT2D eigenvalue weighted by Crippen LogP contribution is 2.23. The Morgan fingerprint density at radius 2 is 1.32 bits per heavy atom. The number of nitrogens with zero attached hydrogens (tertiary/aromatic N) is 1. The lowest BCUT2D eigenvalue weighted by Gasteiger charge is -2.12. The largest absolute Gasteiger partial charge is 0.265 e. The summed E-state index contributed by atoms with van der Waals surface area (Å²) in [6, 6.07) is 21.8. The Morgan fingerprint density at radius 1 is 0.773 bits per heavy atom. The monoisotopic (exact) mass is 287 g/mol. The molecule has 1 atom stereocenters. The van der Waals surface area contributed by atoms with Crippen LogP contribution in [-0.4, -0.2) is 4.98 Å². The zero-order valence-corrected chi connectivity index (χ0v) is 13.2. The van der Waals surface area contributed by atoms with E-state index in [2.05, 4.69) is 79.5 Å². The first-order chi connectivity index (χ1) is 10.7. The van der Waals surface area contributed by atoms with Crippen molar-refractivity contribution < 1.29 is 0 Å². The third-order valence-corrected chi connectivity index (χ3v) is 4.16. The molecule has 0 fully saturated rings. The van der Waals surface area contributed by atoms with Crippen LogP contribution in [0.2, 0.25) is 0 Å². The highest BCUT2D eigenvalue weighted by Gasteiger charge is 2.06. The average molecular weight is 287 g/mol. The van der Waals surface area contributed by atoms with E-state index in [0.717, 1.165) is 6.42 Å². The fourth-order valence-corrected chi connectivity index (χ4v) is 2.74. The predicted octanol–water partition coefficient (Wildman–Crippen LogP) is 5.40. The van der Waals surface area contributed by atoms with Crippen LogP contribution in [0.1, 0.15) is 29.5 Å². The SMILES string of the molecule is Cc1ccc(-c2ccc(CC(C)c3ccncc3)cc2)cc1. The van der Waals surface area contributed by atoms with Gasteiger partial charge in [0.25, 0.3) is 0 Å². The predicted molar refractivity (Wildman–Crippen MR) is 93.0 cm³/mol. The third-order valence-electron chi connectivity index (χ3n) is 4.16. The normalized spacial score (nSPS) is 12.1. The third kappa shape index (κ3) is 3.43. The van der Waals surface area contributed by atoms with Crippen molar-refractivity contribution in [3.63, 3.8) is 0 Å². The number of pyridine rings is 1. The van der Waals surface area contributed by atoms with Gasteiger partial charge in [0, 0.05) is 12.4 Å². The van der Waals surface area contributed by atoms with Crippen LogP contribution in [0.5, 0.6) is 0 Å². The number of benzene rings is 2. The van der Waals surface area contributed by atoms with Crippen LogP contribution in [0, 0.1) is 6.92 Å². The highest BCUT2D eigenvalue weighted by atomic mass is 14.6. The summed E-state index contributed by atoms with van der Waals surface area (Å²) in [5, 5.41) is 0. The van der Waals surface area contributed by atoms with Gasteiger partial charge in [-0.25, -0.2) is 0 Å². The van der Waals surface area contributed by atoms with E-state index >= 15 is 0 Å². The molecule has 110 valence electrons. The van der Waals surface area contributed by atoms with Crippen molar-refractivity contribution in [3.05, 3.63) is 89.7 Å². The standard InChI is InChI=1S/C21H21N/c1-16-3-7-20(8-4-16)21-9-5-18(6-10-21)15-17(2)19-11-13-22-14-12-19/h3-14,17H,15H2,1-2H3. The van der Waals surface area contributed by atoms with Crippen LogP contribution < -0.4 is 0 Å². The average Bonchev–Trinajstić information content (AvgIpc) is 2.57. The number of hydrogen-bond acceptors (Lipinski definition) is 1. The molecular formula is C21H21N. The molecule has 0 amide bonds. The van der Waals surface area contributed by atoms with Gasteiger partial charge < -0.3 is 0 Å². The van der Waals surface area contributed by atoms with Crippen molar-refractivity contribution in [3.8, 4) is 11.1 Å². The minimum absolute atomic E-state index is 0.508. The maximum absolute atomic E-state index is 4.09. The van der Waals surface area contributed by atoms with E-state index in [-0.39, 0.29) is 0 Å². The van der Waals surface area contributed by atoms with Crippen molar-refractivity contribution in [1.29, 1.82) is 0 Å². The molecule has 3 rings (SSSR count). The minimum atomic E-state index is 0.508. The summed E-state index contributed by atoms with van der Waals surface area (Å²) < 4.78 is 0. The summed E-state index contributed by atoms with van der Waals surface area (Å²) >= 11 is 0. The number of hydrogen-bond donors (Lipinski definition) is 0. The Morgan fingerprint density at radius 3 is 1.91 bits per heavy atom. The molecule has 0 radical (unpaired) electrons. The number of rotatable bonds is 4. The molecule has 1 unspecified atom stereocenters. The van der Waals surface area contributed by atoms with E-state index in [9.17, 15) is 0 Å². The molecule has 1 heterocycles. The molecule has 0 bridgehead atoms. The summed E-state index contributed by atoms with van der Waals surface area (Å²) in [4.78, 5) is 4.09. The van der Waals surface area contributed by atoms with Gasteiger partial charge in [-0.3, -0.25) is 4.98 Å². The summed E-state index contributed by atoms with van der Waals surface area (Å²) in [6.45, 7) is 4.39. The van der Waals surface area contributed by atoms with Gasteiger partial charge in [0.1, 0.15) is 0 Å². The molecule has 0 spiro atoms. The maximum Gasteiger partial charge on any atom is 0.0270 e. The Hall–Kier alpha value is -2.41. The van der Waals surface area contributed by atoms with Gasteiger partial charge >= 0.3 is 0 Å². The van der Waals surface area contributed by atoms with Crippen LogP contribution in [-0.2, 0) is 6.42 Å². The summed E-state index contributed by atoms with van der Waals surface area (Å²) in [6.07, 6.45) is 4.79. The Bertz CT molecular complexity index is 712. The van der Waals surface area contributed by atoms with Crippen molar-refractivity contribution >= 4 is 0 Å². The van der Waals surface area contributed by atoms with E-state index in [1.54, 1.807) is 0 Å². The van der Waals surface area contributed by atoms with Crippen molar-refractivity contribution in [2.75, 3.05) is 0 Å². The molecule has 0 aliphatic rings. The lowest BCUT2D eigenvalue weighted by atomic mass is 9.93. The fourth-order valence-electron chi connectivity index (χ4n) is 2.74.